The fourth-order valence-corrected chi connectivity index (χ4v) is 3.57. The average molecular weight is 378 g/mol. The fourth-order valence-electron chi connectivity index (χ4n) is 3.57. The number of ether oxygens (including phenoxy) is 1. The van der Waals surface area contributed by atoms with Gasteiger partial charge in [0.05, 0.1) is 6.61 Å². The van der Waals surface area contributed by atoms with Crippen molar-refractivity contribution in [1.29, 1.82) is 0 Å². The number of hydrogen-bond donors (Lipinski definition) is 0. The summed E-state index contributed by atoms with van der Waals surface area (Å²) in [7, 11) is 0. The molecule has 0 aromatic heterocycles. The monoisotopic (exact) mass is 377 g/mol. The zero-order valence-electron chi connectivity index (χ0n) is 17.9. The van der Waals surface area contributed by atoms with Crippen LogP contribution in [0.3, 0.4) is 0 Å². The summed E-state index contributed by atoms with van der Waals surface area (Å²) in [5.41, 5.74) is 5.29. The standard InChI is InChI=1S/C26H33O2/c1-20(15-16-24-22(3)12-9-17-26(24,4)5)10-8-11-21(2)18-25(27)28-19-23-13-6-7-14-23/h6-8,10-11,13-16,18H,9,12,17,19H2,1-5H3/b11-8+,16-15+,20-10+,21-18+. The van der Waals surface area contributed by atoms with E-state index in [2.05, 4.69) is 45.9 Å². The summed E-state index contributed by atoms with van der Waals surface area (Å²) in [6.45, 7) is 11.2. The van der Waals surface area contributed by atoms with E-state index < -0.39 is 0 Å². The summed E-state index contributed by atoms with van der Waals surface area (Å²) in [5.74, 6) is 0.692. The van der Waals surface area contributed by atoms with Gasteiger partial charge in [-0.3, -0.25) is 0 Å². The topological polar surface area (TPSA) is 26.3 Å². The van der Waals surface area contributed by atoms with Gasteiger partial charge in [-0.2, -0.15) is 0 Å². The van der Waals surface area contributed by atoms with Gasteiger partial charge in [-0.1, -0.05) is 55.4 Å². The Bertz CT molecular complexity index is 692. The van der Waals surface area contributed by atoms with Gasteiger partial charge in [0.1, 0.15) is 0 Å². The van der Waals surface area contributed by atoms with Gasteiger partial charge in [-0.05, 0) is 82.3 Å². The predicted octanol–water partition coefficient (Wildman–Crippen LogP) is 6.47. The summed E-state index contributed by atoms with van der Waals surface area (Å²) in [4.78, 5) is 11.9. The lowest BCUT2D eigenvalue weighted by molar-refractivity contribution is -0.137. The molecule has 0 N–H and O–H groups in total. The summed E-state index contributed by atoms with van der Waals surface area (Å²) in [5, 5.41) is 0. The van der Waals surface area contributed by atoms with Gasteiger partial charge in [0.25, 0.3) is 0 Å². The molecule has 0 bridgehead atoms. The minimum Gasteiger partial charge on any atom is -0.462 e. The second-order valence-electron chi connectivity index (χ2n) is 8.32. The van der Waals surface area contributed by atoms with Gasteiger partial charge in [0.15, 0.2) is 0 Å². The Morgan fingerprint density at radius 1 is 1.14 bits per heavy atom. The maximum absolute atomic E-state index is 11.9. The molecule has 0 heterocycles. The van der Waals surface area contributed by atoms with Crippen LogP contribution in [0.2, 0.25) is 0 Å². The third-order valence-corrected chi connectivity index (χ3v) is 5.23. The molecule has 149 valence electrons. The number of esters is 1. The first-order valence-electron chi connectivity index (χ1n) is 10.1. The van der Waals surface area contributed by atoms with Gasteiger partial charge in [0, 0.05) is 12.0 Å². The minimum atomic E-state index is -0.314. The SMILES string of the molecule is CC1=C(/C=C/C(C)=C/C=C/C(C)=C/C(=O)OC[C]2[CH][CH][CH][CH]2)C(C)(C)CCC1. The Morgan fingerprint density at radius 2 is 1.86 bits per heavy atom. The molecule has 2 rings (SSSR count). The van der Waals surface area contributed by atoms with Crippen LogP contribution in [0.15, 0.2) is 58.7 Å². The van der Waals surface area contributed by atoms with Crippen molar-refractivity contribution in [2.45, 2.75) is 53.9 Å². The number of hydrogen-bond acceptors (Lipinski definition) is 2. The van der Waals surface area contributed by atoms with E-state index in [1.807, 2.05) is 44.8 Å². The third-order valence-electron chi connectivity index (χ3n) is 5.23. The summed E-state index contributed by atoms with van der Waals surface area (Å²) >= 11 is 0. The van der Waals surface area contributed by atoms with Crippen molar-refractivity contribution >= 4 is 5.97 Å². The molecule has 0 unspecified atom stereocenters. The van der Waals surface area contributed by atoms with Crippen molar-refractivity contribution in [2.24, 2.45) is 5.41 Å². The molecule has 0 aliphatic heterocycles. The molecule has 0 saturated heterocycles. The quantitative estimate of drug-likeness (QED) is 0.289. The maximum Gasteiger partial charge on any atom is 0.331 e. The van der Waals surface area contributed by atoms with Crippen LogP contribution in [0, 0.1) is 37.0 Å². The van der Waals surface area contributed by atoms with Crippen LogP contribution in [0.25, 0.3) is 0 Å². The highest BCUT2D eigenvalue weighted by Crippen LogP contribution is 2.40. The van der Waals surface area contributed by atoms with Crippen molar-refractivity contribution in [3.05, 3.63) is 90.3 Å². The van der Waals surface area contributed by atoms with Crippen molar-refractivity contribution in [2.75, 3.05) is 6.61 Å². The smallest absolute Gasteiger partial charge is 0.331 e. The summed E-state index contributed by atoms with van der Waals surface area (Å²) in [6, 6.07) is 0. The van der Waals surface area contributed by atoms with E-state index in [4.69, 9.17) is 4.74 Å². The van der Waals surface area contributed by atoms with Gasteiger partial charge < -0.3 is 4.74 Å². The molecule has 1 saturated carbocycles. The van der Waals surface area contributed by atoms with Crippen LogP contribution in [0.5, 0.6) is 0 Å². The van der Waals surface area contributed by atoms with Gasteiger partial charge in [-0.15, -0.1) is 0 Å². The molecule has 0 aromatic rings. The first-order chi connectivity index (χ1) is 13.3. The van der Waals surface area contributed by atoms with Crippen LogP contribution >= 0.6 is 0 Å². The van der Waals surface area contributed by atoms with E-state index >= 15 is 0 Å². The Labute approximate surface area is 172 Å². The zero-order chi connectivity index (χ0) is 20.6. The molecule has 2 aliphatic carbocycles. The Morgan fingerprint density at radius 3 is 2.54 bits per heavy atom. The molecule has 1 fully saturated rings. The van der Waals surface area contributed by atoms with E-state index in [9.17, 15) is 4.79 Å². The molecule has 28 heavy (non-hydrogen) atoms. The first-order valence-corrected chi connectivity index (χ1v) is 10.1. The molecule has 5 radical (unpaired) electrons. The molecule has 0 amide bonds. The molecule has 2 aliphatic rings. The highest BCUT2D eigenvalue weighted by molar-refractivity contribution is 5.83. The molecule has 2 heteroatoms. The number of allylic oxidation sites excluding steroid dienone is 9. The van der Waals surface area contributed by atoms with Crippen LogP contribution in [0.4, 0.5) is 0 Å². The van der Waals surface area contributed by atoms with Crippen LogP contribution in [-0.2, 0) is 9.53 Å². The largest absolute Gasteiger partial charge is 0.462 e. The lowest BCUT2D eigenvalue weighted by atomic mass is 9.72. The van der Waals surface area contributed by atoms with Crippen molar-refractivity contribution in [3.8, 4) is 0 Å². The first kappa shape index (κ1) is 22.5. The zero-order valence-corrected chi connectivity index (χ0v) is 17.9. The van der Waals surface area contributed by atoms with Crippen LogP contribution < -0.4 is 0 Å². The van der Waals surface area contributed by atoms with E-state index in [0.29, 0.717) is 6.61 Å². The van der Waals surface area contributed by atoms with Crippen molar-refractivity contribution in [1.82, 2.24) is 0 Å². The lowest BCUT2D eigenvalue weighted by Crippen LogP contribution is -2.19. The number of carbonyl (C=O) groups is 1. The van der Waals surface area contributed by atoms with E-state index in [1.54, 1.807) is 0 Å². The van der Waals surface area contributed by atoms with Crippen LogP contribution in [0.1, 0.15) is 53.9 Å². The fraction of sp³-hybridized carbons (Fsp3) is 0.385. The Hall–Kier alpha value is -1.83. The average Bonchev–Trinajstić information content (AvgIpc) is 3.12. The Balaban J connectivity index is 1.86. The van der Waals surface area contributed by atoms with Crippen molar-refractivity contribution in [3.63, 3.8) is 0 Å². The predicted molar refractivity (Wildman–Crippen MR) is 118 cm³/mol. The molecule has 0 aromatic carbocycles. The molecular formula is C26H33O2. The lowest BCUT2D eigenvalue weighted by Gasteiger charge is -2.32. The molecular weight excluding hydrogens is 344 g/mol. The van der Waals surface area contributed by atoms with Gasteiger partial charge in [0.2, 0.25) is 0 Å². The molecule has 2 nitrogen and oxygen atoms in total. The van der Waals surface area contributed by atoms with E-state index in [-0.39, 0.29) is 11.4 Å². The van der Waals surface area contributed by atoms with Crippen molar-refractivity contribution < 1.29 is 9.53 Å². The maximum atomic E-state index is 11.9. The Kier molecular flexibility index (Phi) is 8.54. The van der Waals surface area contributed by atoms with E-state index in [0.717, 1.165) is 11.5 Å². The second kappa shape index (κ2) is 10.6. The second-order valence-corrected chi connectivity index (χ2v) is 8.32. The summed E-state index contributed by atoms with van der Waals surface area (Å²) < 4.78 is 5.24. The third kappa shape index (κ3) is 7.30. The number of rotatable bonds is 7. The highest BCUT2D eigenvalue weighted by Gasteiger charge is 2.26. The van der Waals surface area contributed by atoms with Gasteiger partial charge in [-0.25, -0.2) is 4.79 Å². The molecule has 0 atom stereocenters. The van der Waals surface area contributed by atoms with Gasteiger partial charge >= 0.3 is 5.97 Å². The molecule has 0 spiro atoms. The normalized spacial score (nSPS) is 21.9. The van der Waals surface area contributed by atoms with Crippen LogP contribution in [-0.4, -0.2) is 12.6 Å². The minimum absolute atomic E-state index is 0.261. The number of carbonyl (C=O) groups excluding carboxylic acids is 1. The van der Waals surface area contributed by atoms with E-state index in [1.165, 1.54) is 42.1 Å². The highest BCUT2D eigenvalue weighted by atomic mass is 16.5. The summed E-state index contributed by atoms with van der Waals surface area (Å²) in [6.07, 6.45) is 23.4.